The molecule has 0 bridgehead atoms. The Hall–Kier alpha value is -2.48. The van der Waals surface area contributed by atoms with Crippen molar-refractivity contribution in [1.82, 2.24) is 24.9 Å². The number of nitrogens with zero attached hydrogens (tertiary/aromatic N) is 5. The van der Waals surface area contributed by atoms with Crippen molar-refractivity contribution in [3.05, 3.63) is 35.5 Å². The molecule has 0 radical (unpaired) electrons. The zero-order valence-electron chi connectivity index (χ0n) is 11.9. The van der Waals surface area contributed by atoms with Gasteiger partial charge in [-0.05, 0) is 25.2 Å². The summed E-state index contributed by atoms with van der Waals surface area (Å²) >= 11 is 5.26. The highest BCUT2D eigenvalue weighted by molar-refractivity contribution is 7.80. The van der Waals surface area contributed by atoms with Crippen LogP contribution < -0.4 is 10.2 Å². The van der Waals surface area contributed by atoms with E-state index in [0.29, 0.717) is 16.5 Å². The van der Waals surface area contributed by atoms with E-state index in [2.05, 4.69) is 15.5 Å². The minimum absolute atomic E-state index is 0.194. The van der Waals surface area contributed by atoms with Crippen LogP contribution in [0.4, 0.5) is 5.69 Å². The second-order valence-corrected chi connectivity index (χ2v) is 5.24. The highest BCUT2D eigenvalue weighted by Crippen LogP contribution is 2.24. The molecule has 1 amide bonds. The predicted octanol–water partition coefficient (Wildman–Crippen LogP) is 0.724. The third-order valence-corrected chi connectivity index (χ3v) is 3.43. The molecule has 1 aliphatic heterocycles. The van der Waals surface area contributed by atoms with Gasteiger partial charge in [-0.15, -0.1) is 0 Å². The fourth-order valence-electron chi connectivity index (χ4n) is 2.24. The Labute approximate surface area is 126 Å². The maximum absolute atomic E-state index is 12.5. The zero-order valence-corrected chi connectivity index (χ0v) is 12.7. The molecule has 0 atom stereocenters. The highest BCUT2D eigenvalue weighted by Gasteiger charge is 2.33. The van der Waals surface area contributed by atoms with Crippen molar-refractivity contribution in [1.29, 1.82) is 0 Å². The van der Waals surface area contributed by atoms with Crippen LogP contribution in [0.3, 0.4) is 0 Å². The van der Waals surface area contributed by atoms with Gasteiger partial charge in [0.05, 0.1) is 17.6 Å². The van der Waals surface area contributed by atoms with Crippen molar-refractivity contribution in [2.24, 2.45) is 14.1 Å². The Morgan fingerprint density at radius 1 is 1.29 bits per heavy atom. The summed E-state index contributed by atoms with van der Waals surface area (Å²) in [4.78, 5) is 14.0. The van der Waals surface area contributed by atoms with E-state index in [1.165, 1.54) is 4.90 Å². The van der Waals surface area contributed by atoms with E-state index in [1.54, 1.807) is 34.9 Å². The first kappa shape index (κ1) is 13.5. The first-order valence-electron chi connectivity index (χ1n) is 6.32. The van der Waals surface area contributed by atoms with Crippen LogP contribution in [-0.2, 0) is 18.9 Å². The number of thiocarbonyl (C=S) groups is 1. The summed E-state index contributed by atoms with van der Waals surface area (Å²) in [6, 6.07) is 0. The smallest absolute Gasteiger partial charge is 0.281 e. The first-order valence-corrected chi connectivity index (χ1v) is 6.72. The van der Waals surface area contributed by atoms with Crippen molar-refractivity contribution in [3.63, 3.8) is 0 Å². The van der Waals surface area contributed by atoms with E-state index < -0.39 is 0 Å². The van der Waals surface area contributed by atoms with Gasteiger partial charge in [-0.25, -0.2) is 4.90 Å². The summed E-state index contributed by atoms with van der Waals surface area (Å²) in [5.41, 5.74) is 2.70. The maximum atomic E-state index is 12.5. The number of carbonyl (C=O) groups is 1. The molecule has 1 saturated heterocycles. The highest BCUT2D eigenvalue weighted by atomic mass is 32.1. The van der Waals surface area contributed by atoms with Gasteiger partial charge in [-0.3, -0.25) is 14.2 Å². The summed E-state index contributed by atoms with van der Waals surface area (Å²) in [5.74, 6) is -0.194. The van der Waals surface area contributed by atoms with E-state index in [-0.39, 0.29) is 5.91 Å². The molecule has 7 nitrogen and oxygen atoms in total. The van der Waals surface area contributed by atoms with Crippen LogP contribution in [0.5, 0.6) is 0 Å². The Kier molecular flexibility index (Phi) is 3.09. The van der Waals surface area contributed by atoms with Crippen molar-refractivity contribution < 1.29 is 4.79 Å². The molecule has 0 aliphatic carbocycles. The largest absolute Gasteiger partial charge is 0.327 e. The van der Waals surface area contributed by atoms with Gasteiger partial charge < -0.3 is 5.32 Å². The van der Waals surface area contributed by atoms with E-state index in [4.69, 9.17) is 12.2 Å². The number of carbonyl (C=O) groups excluding carboxylic acids is 1. The number of nitrogens with one attached hydrogen (secondary N) is 1. The van der Waals surface area contributed by atoms with Gasteiger partial charge in [0.25, 0.3) is 5.91 Å². The minimum Gasteiger partial charge on any atom is -0.327 e. The van der Waals surface area contributed by atoms with E-state index >= 15 is 0 Å². The molecule has 0 spiro atoms. The van der Waals surface area contributed by atoms with Gasteiger partial charge in [0.15, 0.2) is 5.11 Å². The fourth-order valence-corrected chi connectivity index (χ4v) is 2.53. The molecular weight excluding hydrogens is 288 g/mol. The molecule has 0 aromatic carbocycles. The summed E-state index contributed by atoms with van der Waals surface area (Å²) in [6.07, 6.45) is 7.01. The lowest BCUT2D eigenvalue weighted by Gasteiger charge is -2.11. The maximum Gasteiger partial charge on any atom is 0.281 e. The summed E-state index contributed by atoms with van der Waals surface area (Å²) < 4.78 is 3.33. The zero-order chi connectivity index (χ0) is 15.1. The fraction of sp³-hybridized carbons (Fsp3) is 0.231. The molecule has 8 heteroatoms. The number of aryl methyl sites for hydroxylation is 3. The predicted molar refractivity (Wildman–Crippen MR) is 82.3 cm³/mol. The molecule has 2 aromatic rings. The van der Waals surface area contributed by atoms with Gasteiger partial charge in [-0.1, -0.05) is 0 Å². The van der Waals surface area contributed by atoms with Gasteiger partial charge in [0.1, 0.15) is 5.70 Å². The normalized spacial score (nSPS) is 16.9. The van der Waals surface area contributed by atoms with Crippen LogP contribution in [0.25, 0.3) is 6.08 Å². The number of hydrogen-bond donors (Lipinski definition) is 1. The van der Waals surface area contributed by atoms with Crippen LogP contribution in [0.1, 0.15) is 11.3 Å². The standard InChI is InChI=1S/C13H14N6OS/c1-8-11(7-18(3)16-8)19-12(20)10(15-13(19)21)4-9-5-14-17(2)6-9/h4-7H,1-3H3,(H,15,21). The molecule has 2 aromatic heterocycles. The van der Waals surface area contributed by atoms with E-state index in [0.717, 1.165) is 11.3 Å². The first-order chi connectivity index (χ1) is 9.95. The van der Waals surface area contributed by atoms with E-state index in [1.807, 2.05) is 20.2 Å². The van der Waals surface area contributed by atoms with Gasteiger partial charge in [0, 0.05) is 32.1 Å². The molecule has 1 fully saturated rings. The average Bonchev–Trinajstić information content (AvgIpc) is 3.02. The molecule has 3 rings (SSSR count). The van der Waals surface area contributed by atoms with E-state index in [9.17, 15) is 4.79 Å². The number of rotatable bonds is 2. The molecule has 3 heterocycles. The molecule has 108 valence electrons. The topological polar surface area (TPSA) is 68.0 Å². The Morgan fingerprint density at radius 3 is 2.62 bits per heavy atom. The lowest BCUT2D eigenvalue weighted by Crippen LogP contribution is -2.30. The van der Waals surface area contributed by atoms with Crippen LogP contribution >= 0.6 is 12.2 Å². The van der Waals surface area contributed by atoms with Crippen molar-refractivity contribution in [3.8, 4) is 0 Å². The second-order valence-electron chi connectivity index (χ2n) is 4.85. The van der Waals surface area contributed by atoms with Crippen molar-refractivity contribution in [2.75, 3.05) is 4.90 Å². The summed E-state index contributed by atoms with van der Waals surface area (Å²) in [6.45, 7) is 1.84. The molecular formula is C13H14N6OS. The Balaban J connectivity index is 1.96. The number of anilines is 1. The monoisotopic (exact) mass is 302 g/mol. The molecule has 21 heavy (non-hydrogen) atoms. The second kappa shape index (κ2) is 4.81. The van der Waals surface area contributed by atoms with Gasteiger partial charge >= 0.3 is 0 Å². The van der Waals surface area contributed by atoms with Crippen LogP contribution in [0.2, 0.25) is 0 Å². The van der Waals surface area contributed by atoms with Gasteiger partial charge in [0.2, 0.25) is 0 Å². The molecule has 0 saturated carbocycles. The number of hydrogen-bond acceptors (Lipinski definition) is 4. The van der Waals surface area contributed by atoms with Crippen LogP contribution in [-0.4, -0.2) is 30.6 Å². The Bertz CT molecular complexity index is 771. The number of aromatic nitrogens is 4. The number of amides is 1. The summed E-state index contributed by atoms with van der Waals surface area (Å²) in [5, 5.41) is 11.6. The van der Waals surface area contributed by atoms with Crippen molar-refractivity contribution >= 4 is 35.0 Å². The third-order valence-electron chi connectivity index (χ3n) is 3.14. The lowest BCUT2D eigenvalue weighted by molar-refractivity contribution is -0.113. The average molecular weight is 302 g/mol. The third kappa shape index (κ3) is 2.33. The lowest BCUT2D eigenvalue weighted by atomic mass is 10.2. The van der Waals surface area contributed by atoms with Gasteiger partial charge in [-0.2, -0.15) is 10.2 Å². The quantitative estimate of drug-likeness (QED) is 0.654. The molecule has 1 N–H and O–H groups in total. The van der Waals surface area contributed by atoms with Crippen LogP contribution in [0, 0.1) is 6.92 Å². The van der Waals surface area contributed by atoms with Crippen molar-refractivity contribution in [2.45, 2.75) is 6.92 Å². The summed E-state index contributed by atoms with van der Waals surface area (Å²) in [7, 11) is 3.63. The SMILES string of the molecule is Cc1nn(C)cc1N1C(=O)C(=Cc2cnn(C)c2)NC1=S. The van der Waals surface area contributed by atoms with Crippen LogP contribution in [0.15, 0.2) is 24.3 Å². The molecule has 1 aliphatic rings. The Morgan fingerprint density at radius 2 is 2.05 bits per heavy atom. The minimum atomic E-state index is -0.194. The molecule has 0 unspecified atom stereocenters.